The van der Waals surface area contributed by atoms with E-state index in [4.69, 9.17) is 14.6 Å². The molecule has 0 aromatic heterocycles. The Morgan fingerprint density at radius 2 is 1.90 bits per heavy atom. The van der Waals surface area contributed by atoms with E-state index in [1.807, 2.05) is 4.90 Å². The lowest BCUT2D eigenvalue weighted by molar-refractivity contribution is 0.0611. The van der Waals surface area contributed by atoms with E-state index in [2.05, 4.69) is 4.90 Å². The van der Waals surface area contributed by atoms with Crippen LogP contribution in [0.25, 0.3) is 0 Å². The van der Waals surface area contributed by atoms with Gasteiger partial charge in [0.25, 0.3) is 5.91 Å². The average Bonchev–Trinajstić information content (AvgIpc) is 2.54. The van der Waals surface area contributed by atoms with E-state index in [9.17, 15) is 4.79 Å². The molecule has 0 aliphatic carbocycles. The van der Waals surface area contributed by atoms with E-state index in [1.54, 1.807) is 32.4 Å². The number of hydrogen-bond acceptors (Lipinski definition) is 5. The van der Waals surface area contributed by atoms with Crippen molar-refractivity contribution in [1.29, 1.82) is 0 Å². The van der Waals surface area contributed by atoms with Crippen LogP contribution in [0.15, 0.2) is 18.2 Å². The highest BCUT2D eigenvalue weighted by Gasteiger charge is 2.24. The number of benzene rings is 1. The smallest absolute Gasteiger partial charge is 0.257 e. The normalized spacial score (nSPS) is 15.9. The number of nitrogens with zero attached hydrogens (tertiary/aromatic N) is 2. The summed E-state index contributed by atoms with van der Waals surface area (Å²) in [7, 11) is 3.13. The molecule has 6 nitrogen and oxygen atoms in total. The number of piperazine rings is 1. The minimum Gasteiger partial charge on any atom is -0.497 e. The maximum absolute atomic E-state index is 12.6. The van der Waals surface area contributed by atoms with Gasteiger partial charge in [0.2, 0.25) is 0 Å². The third-order valence-corrected chi connectivity index (χ3v) is 3.71. The second-order valence-corrected chi connectivity index (χ2v) is 4.92. The van der Waals surface area contributed by atoms with Gasteiger partial charge in [-0.25, -0.2) is 0 Å². The Morgan fingerprint density at radius 1 is 1.19 bits per heavy atom. The van der Waals surface area contributed by atoms with Crippen LogP contribution in [0.5, 0.6) is 11.5 Å². The lowest BCUT2D eigenvalue weighted by Gasteiger charge is -2.34. The van der Waals surface area contributed by atoms with Crippen LogP contribution in [0.3, 0.4) is 0 Å². The van der Waals surface area contributed by atoms with E-state index in [0.717, 1.165) is 13.1 Å². The molecule has 0 unspecified atom stereocenters. The van der Waals surface area contributed by atoms with Crippen molar-refractivity contribution in [1.82, 2.24) is 9.80 Å². The predicted octanol–water partition coefficient (Wildman–Crippen LogP) is 0.454. The topological polar surface area (TPSA) is 62.2 Å². The Morgan fingerprint density at radius 3 is 2.48 bits per heavy atom. The first kappa shape index (κ1) is 15.6. The number of amides is 1. The van der Waals surface area contributed by atoms with E-state index in [-0.39, 0.29) is 12.5 Å². The maximum atomic E-state index is 12.6. The van der Waals surface area contributed by atoms with Gasteiger partial charge < -0.3 is 19.5 Å². The molecule has 6 heteroatoms. The van der Waals surface area contributed by atoms with Crippen molar-refractivity contribution in [2.45, 2.75) is 0 Å². The van der Waals surface area contributed by atoms with Gasteiger partial charge in [0.1, 0.15) is 11.5 Å². The molecule has 0 spiro atoms. The molecule has 0 atom stereocenters. The SMILES string of the molecule is COc1ccc(OC)c(C(=O)N2CCN(CCO)CC2)c1. The molecule has 1 amide bonds. The second-order valence-electron chi connectivity index (χ2n) is 4.92. The number of hydrogen-bond donors (Lipinski definition) is 1. The zero-order valence-electron chi connectivity index (χ0n) is 12.5. The Kier molecular flexibility index (Phi) is 5.41. The van der Waals surface area contributed by atoms with Gasteiger partial charge in [-0.3, -0.25) is 9.69 Å². The first-order chi connectivity index (χ1) is 10.2. The molecule has 1 aliphatic rings. The fourth-order valence-corrected chi connectivity index (χ4v) is 2.47. The summed E-state index contributed by atoms with van der Waals surface area (Å²) in [6.07, 6.45) is 0. The molecule has 0 bridgehead atoms. The number of rotatable bonds is 5. The Bertz CT molecular complexity index is 485. The van der Waals surface area contributed by atoms with Crippen molar-refractivity contribution < 1.29 is 19.4 Å². The molecule has 1 aliphatic heterocycles. The standard InChI is InChI=1S/C15H22N2O4/c1-20-12-3-4-14(21-2)13(11-12)15(19)17-7-5-16(6-8-17)9-10-18/h3-4,11,18H,5-10H2,1-2H3. The molecule has 116 valence electrons. The fraction of sp³-hybridized carbons (Fsp3) is 0.533. The van der Waals surface area contributed by atoms with Crippen molar-refractivity contribution >= 4 is 5.91 Å². The van der Waals surface area contributed by atoms with Crippen molar-refractivity contribution in [3.63, 3.8) is 0 Å². The Labute approximate surface area is 124 Å². The van der Waals surface area contributed by atoms with Crippen LogP contribution < -0.4 is 9.47 Å². The molecule has 21 heavy (non-hydrogen) atoms. The number of ether oxygens (including phenoxy) is 2. The molecule has 1 N–H and O–H groups in total. The summed E-state index contributed by atoms with van der Waals surface area (Å²) in [4.78, 5) is 16.6. The summed E-state index contributed by atoms with van der Waals surface area (Å²) in [6.45, 7) is 3.66. The molecule has 1 fully saturated rings. The monoisotopic (exact) mass is 294 g/mol. The maximum Gasteiger partial charge on any atom is 0.257 e. The molecule has 1 aromatic rings. The molecule has 0 radical (unpaired) electrons. The average molecular weight is 294 g/mol. The predicted molar refractivity (Wildman–Crippen MR) is 79.0 cm³/mol. The molecule has 1 saturated heterocycles. The summed E-state index contributed by atoms with van der Waals surface area (Å²) in [5, 5.41) is 8.94. The molecule has 0 saturated carbocycles. The number of aliphatic hydroxyl groups is 1. The molecular formula is C15H22N2O4. The number of aliphatic hydroxyl groups excluding tert-OH is 1. The van der Waals surface area contributed by atoms with Gasteiger partial charge in [0.05, 0.1) is 26.4 Å². The summed E-state index contributed by atoms with van der Waals surface area (Å²) in [5.41, 5.74) is 0.521. The van der Waals surface area contributed by atoms with Crippen molar-refractivity contribution in [3.8, 4) is 11.5 Å². The van der Waals surface area contributed by atoms with Gasteiger partial charge >= 0.3 is 0 Å². The fourth-order valence-electron chi connectivity index (χ4n) is 2.47. The van der Waals surface area contributed by atoms with Gasteiger partial charge in [-0.15, -0.1) is 0 Å². The van der Waals surface area contributed by atoms with Crippen LogP contribution >= 0.6 is 0 Å². The highest BCUT2D eigenvalue weighted by molar-refractivity contribution is 5.97. The first-order valence-electron chi connectivity index (χ1n) is 7.04. The van der Waals surface area contributed by atoms with Crippen LogP contribution in [0, 0.1) is 0 Å². The van der Waals surface area contributed by atoms with Crippen molar-refractivity contribution in [3.05, 3.63) is 23.8 Å². The lowest BCUT2D eigenvalue weighted by atomic mass is 10.1. The molecule has 1 aromatic carbocycles. The Hall–Kier alpha value is -1.79. The number of carbonyl (C=O) groups is 1. The number of carbonyl (C=O) groups excluding carboxylic acids is 1. The van der Waals surface area contributed by atoms with Gasteiger partial charge in [0, 0.05) is 32.7 Å². The first-order valence-corrected chi connectivity index (χ1v) is 7.04. The van der Waals surface area contributed by atoms with E-state index in [0.29, 0.717) is 36.7 Å². The summed E-state index contributed by atoms with van der Waals surface area (Å²) in [5.74, 6) is 1.14. The van der Waals surface area contributed by atoms with Gasteiger partial charge in [-0.1, -0.05) is 0 Å². The van der Waals surface area contributed by atoms with E-state index in [1.165, 1.54) is 0 Å². The largest absolute Gasteiger partial charge is 0.497 e. The van der Waals surface area contributed by atoms with Gasteiger partial charge in [-0.05, 0) is 18.2 Å². The highest BCUT2D eigenvalue weighted by atomic mass is 16.5. The zero-order chi connectivity index (χ0) is 15.2. The van der Waals surface area contributed by atoms with Crippen LogP contribution in [0.4, 0.5) is 0 Å². The molecule has 2 rings (SSSR count). The van der Waals surface area contributed by atoms with E-state index < -0.39 is 0 Å². The van der Waals surface area contributed by atoms with E-state index >= 15 is 0 Å². The zero-order valence-corrected chi connectivity index (χ0v) is 12.5. The summed E-state index contributed by atoms with van der Waals surface area (Å²) >= 11 is 0. The van der Waals surface area contributed by atoms with Crippen molar-refractivity contribution in [2.24, 2.45) is 0 Å². The van der Waals surface area contributed by atoms with Crippen LogP contribution in [0.1, 0.15) is 10.4 Å². The van der Waals surface area contributed by atoms with Crippen molar-refractivity contribution in [2.75, 3.05) is 53.6 Å². The van der Waals surface area contributed by atoms with Gasteiger partial charge in [0.15, 0.2) is 0 Å². The highest BCUT2D eigenvalue weighted by Crippen LogP contribution is 2.25. The number of methoxy groups -OCH3 is 2. The summed E-state index contributed by atoms with van der Waals surface area (Å²) in [6, 6.07) is 5.23. The minimum atomic E-state index is -0.0469. The van der Waals surface area contributed by atoms with Crippen LogP contribution in [-0.4, -0.2) is 74.4 Å². The third-order valence-electron chi connectivity index (χ3n) is 3.71. The van der Waals surface area contributed by atoms with Crippen LogP contribution in [-0.2, 0) is 0 Å². The molecular weight excluding hydrogens is 272 g/mol. The van der Waals surface area contributed by atoms with Crippen LogP contribution in [0.2, 0.25) is 0 Å². The summed E-state index contributed by atoms with van der Waals surface area (Å²) < 4.78 is 10.4. The van der Waals surface area contributed by atoms with Gasteiger partial charge in [-0.2, -0.15) is 0 Å². The Balaban J connectivity index is 2.10. The lowest BCUT2D eigenvalue weighted by Crippen LogP contribution is -2.49. The second kappa shape index (κ2) is 7.28. The quantitative estimate of drug-likeness (QED) is 0.854. The third kappa shape index (κ3) is 3.65. The molecule has 1 heterocycles. The minimum absolute atomic E-state index is 0.0469. The number of β-amino-alcohol motifs (C(OH)–C–C–N with tert-alkyl or cyclic N) is 1.